The Labute approximate surface area is 85.0 Å². The Morgan fingerprint density at radius 3 is 3.20 bits per heavy atom. The first kappa shape index (κ1) is 9.38. The molecule has 0 spiro atoms. The molecular formula is C8H9N5O2. The Hall–Kier alpha value is -2.18. The van der Waals surface area contributed by atoms with Crippen LogP contribution < -0.4 is 4.90 Å². The van der Waals surface area contributed by atoms with E-state index in [0.29, 0.717) is 11.5 Å². The van der Waals surface area contributed by atoms with Crippen LogP contribution in [0.5, 0.6) is 0 Å². The number of carbonyl (C=O) groups is 1. The van der Waals surface area contributed by atoms with E-state index in [2.05, 4.69) is 15.2 Å². The third-order valence-electron chi connectivity index (χ3n) is 1.93. The SMILES string of the molecule is CN(CC(=O)O)c1nccn2cnnc12. The van der Waals surface area contributed by atoms with Gasteiger partial charge in [-0.1, -0.05) is 0 Å². The van der Waals surface area contributed by atoms with Gasteiger partial charge in [-0.05, 0) is 0 Å². The van der Waals surface area contributed by atoms with Crippen LogP contribution in [-0.2, 0) is 4.79 Å². The van der Waals surface area contributed by atoms with Gasteiger partial charge >= 0.3 is 5.97 Å². The summed E-state index contributed by atoms with van der Waals surface area (Å²) in [5, 5.41) is 16.2. The molecule has 7 heteroatoms. The predicted molar refractivity (Wildman–Crippen MR) is 51.7 cm³/mol. The van der Waals surface area contributed by atoms with Gasteiger partial charge < -0.3 is 10.0 Å². The molecule has 0 fully saturated rings. The predicted octanol–water partition coefficient (Wildman–Crippen LogP) is -0.355. The van der Waals surface area contributed by atoms with E-state index in [1.165, 1.54) is 11.2 Å². The van der Waals surface area contributed by atoms with Crippen molar-refractivity contribution in [3.05, 3.63) is 18.7 Å². The van der Waals surface area contributed by atoms with E-state index in [4.69, 9.17) is 5.11 Å². The van der Waals surface area contributed by atoms with Crippen LogP contribution in [0.3, 0.4) is 0 Å². The Morgan fingerprint density at radius 2 is 2.47 bits per heavy atom. The Kier molecular flexibility index (Phi) is 2.20. The van der Waals surface area contributed by atoms with E-state index < -0.39 is 5.97 Å². The fourth-order valence-corrected chi connectivity index (χ4v) is 1.29. The van der Waals surface area contributed by atoms with Crippen LogP contribution in [0.15, 0.2) is 18.7 Å². The van der Waals surface area contributed by atoms with Crippen molar-refractivity contribution in [2.45, 2.75) is 0 Å². The average Bonchev–Trinajstić information content (AvgIpc) is 2.63. The number of carboxylic acids is 1. The van der Waals surface area contributed by atoms with Gasteiger partial charge in [0.05, 0.1) is 0 Å². The summed E-state index contributed by atoms with van der Waals surface area (Å²) in [6.07, 6.45) is 4.81. The Morgan fingerprint density at radius 1 is 1.67 bits per heavy atom. The minimum absolute atomic E-state index is 0.125. The zero-order valence-electron chi connectivity index (χ0n) is 8.03. The first-order valence-corrected chi connectivity index (χ1v) is 4.26. The van der Waals surface area contributed by atoms with Crippen molar-refractivity contribution in [2.75, 3.05) is 18.5 Å². The smallest absolute Gasteiger partial charge is 0.323 e. The van der Waals surface area contributed by atoms with E-state index in [1.54, 1.807) is 23.8 Å². The molecule has 2 aromatic rings. The van der Waals surface area contributed by atoms with Gasteiger partial charge in [0, 0.05) is 19.4 Å². The molecule has 2 rings (SSSR count). The number of anilines is 1. The number of carboxylic acid groups (broad SMARTS) is 1. The van der Waals surface area contributed by atoms with E-state index >= 15 is 0 Å². The maximum absolute atomic E-state index is 10.5. The van der Waals surface area contributed by atoms with Gasteiger partial charge in [0.1, 0.15) is 12.9 Å². The highest BCUT2D eigenvalue weighted by molar-refractivity contribution is 5.75. The van der Waals surface area contributed by atoms with Crippen LogP contribution in [0.1, 0.15) is 0 Å². The lowest BCUT2D eigenvalue weighted by Crippen LogP contribution is -2.26. The highest BCUT2D eigenvalue weighted by Crippen LogP contribution is 2.13. The number of hydrogen-bond donors (Lipinski definition) is 1. The first-order chi connectivity index (χ1) is 7.18. The number of aliphatic carboxylic acids is 1. The molecule has 0 aliphatic heterocycles. The summed E-state index contributed by atoms with van der Waals surface area (Å²) in [5.41, 5.74) is 0.543. The molecule has 0 aliphatic rings. The summed E-state index contributed by atoms with van der Waals surface area (Å²) in [6, 6.07) is 0. The van der Waals surface area contributed by atoms with Crippen LogP contribution >= 0.6 is 0 Å². The highest BCUT2D eigenvalue weighted by atomic mass is 16.4. The van der Waals surface area contributed by atoms with E-state index in [-0.39, 0.29) is 6.54 Å². The molecule has 0 aromatic carbocycles. The summed E-state index contributed by atoms with van der Waals surface area (Å²) >= 11 is 0. The molecule has 0 amide bonds. The minimum Gasteiger partial charge on any atom is -0.480 e. The van der Waals surface area contributed by atoms with Crippen LogP contribution in [0.4, 0.5) is 5.82 Å². The average molecular weight is 207 g/mol. The van der Waals surface area contributed by atoms with Gasteiger partial charge in [-0.3, -0.25) is 9.20 Å². The van der Waals surface area contributed by atoms with Crippen LogP contribution in [0, 0.1) is 0 Å². The molecule has 2 heterocycles. The molecule has 78 valence electrons. The van der Waals surface area contributed by atoms with E-state index in [9.17, 15) is 4.79 Å². The van der Waals surface area contributed by atoms with E-state index in [0.717, 1.165) is 0 Å². The number of hydrogen-bond acceptors (Lipinski definition) is 5. The lowest BCUT2D eigenvalue weighted by atomic mass is 10.5. The molecule has 0 saturated carbocycles. The van der Waals surface area contributed by atoms with Gasteiger partial charge in [0.15, 0.2) is 5.82 Å². The van der Waals surface area contributed by atoms with Crippen LogP contribution in [-0.4, -0.2) is 44.3 Å². The maximum atomic E-state index is 10.5. The molecule has 0 radical (unpaired) electrons. The largest absolute Gasteiger partial charge is 0.480 e. The van der Waals surface area contributed by atoms with E-state index in [1.807, 2.05) is 0 Å². The quantitative estimate of drug-likeness (QED) is 0.740. The van der Waals surface area contributed by atoms with Crippen LogP contribution in [0.25, 0.3) is 5.65 Å². The summed E-state index contributed by atoms with van der Waals surface area (Å²) in [4.78, 5) is 16.1. The van der Waals surface area contributed by atoms with Gasteiger partial charge in [0.25, 0.3) is 0 Å². The summed E-state index contributed by atoms with van der Waals surface area (Å²) in [7, 11) is 1.64. The fourth-order valence-electron chi connectivity index (χ4n) is 1.29. The molecule has 0 saturated heterocycles. The molecule has 15 heavy (non-hydrogen) atoms. The topological polar surface area (TPSA) is 83.6 Å². The van der Waals surface area contributed by atoms with Gasteiger partial charge in [-0.25, -0.2) is 4.98 Å². The third-order valence-corrected chi connectivity index (χ3v) is 1.93. The van der Waals surface area contributed by atoms with Crippen molar-refractivity contribution in [3.63, 3.8) is 0 Å². The number of rotatable bonds is 3. The maximum Gasteiger partial charge on any atom is 0.323 e. The molecule has 0 aliphatic carbocycles. The second-order valence-corrected chi connectivity index (χ2v) is 3.06. The molecule has 7 nitrogen and oxygen atoms in total. The molecule has 0 atom stereocenters. The van der Waals surface area contributed by atoms with Crippen molar-refractivity contribution in [1.29, 1.82) is 0 Å². The second kappa shape index (κ2) is 3.52. The Balaban J connectivity index is 2.42. The number of aromatic nitrogens is 4. The van der Waals surface area contributed by atoms with Crippen molar-refractivity contribution in [1.82, 2.24) is 19.6 Å². The van der Waals surface area contributed by atoms with Gasteiger partial charge in [-0.15, -0.1) is 10.2 Å². The van der Waals surface area contributed by atoms with Crippen LogP contribution in [0.2, 0.25) is 0 Å². The third kappa shape index (κ3) is 1.71. The standard InChI is InChI=1S/C8H9N5O2/c1-12(4-6(14)15)7-8-11-10-5-13(8)3-2-9-7/h2-3,5H,4H2,1H3,(H,14,15). The van der Waals surface area contributed by atoms with Gasteiger partial charge in [-0.2, -0.15) is 0 Å². The monoisotopic (exact) mass is 207 g/mol. The summed E-state index contributed by atoms with van der Waals surface area (Å²) in [5.74, 6) is -0.418. The zero-order chi connectivity index (χ0) is 10.8. The molecule has 2 aromatic heterocycles. The summed E-state index contributed by atoms with van der Waals surface area (Å²) < 4.78 is 1.68. The Bertz CT molecular complexity index is 494. The second-order valence-electron chi connectivity index (χ2n) is 3.06. The normalized spacial score (nSPS) is 10.5. The first-order valence-electron chi connectivity index (χ1n) is 4.26. The number of nitrogens with zero attached hydrogens (tertiary/aromatic N) is 5. The van der Waals surface area contributed by atoms with Crippen molar-refractivity contribution < 1.29 is 9.90 Å². The number of likely N-dealkylation sites (N-methyl/N-ethyl adjacent to an activating group) is 1. The molecule has 0 unspecified atom stereocenters. The van der Waals surface area contributed by atoms with Crippen molar-refractivity contribution >= 4 is 17.4 Å². The zero-order valence-corrected chi connectivity index (χ0v) is 8.03. The molecule has 0 bridgehead atoms. The number of fused-ring (bicyclic) bond motifs is 1. The highest BCUT2D eigenvalue weighted by Gasteiger charge is 2.11. The lowest BCUT2D eigenvalue weighted by molar-refractivity contribution is -0.135. The fraction of sp³-hybridized carbons (Fsp3) is 0.250. The van der Waals surface area contributed by atoms with Crippen molar-refractivity contribution in [3.8, 4) is 0 Å². The van der Waals surface area contributed by atoms with Crippen molar-refractivity contribution in [2.24, 2.45) is 0 Å². The summed E-state index contributed by atoms with van der Waals surface area (Å²) in [6.45, 7) is -0.125. The van der Waals surface area contributed by atoms with Gasteiger partial charge in [0.2, 0.25) is 5.65 Å². The molecule has 1 N–H and O–H groups in total. The lowest BCUT2D eigenvalue weighted by Gasteiger charge is -2.14. The molecular weight excluding hydrogens is 198 g/mol. The minimum atomic E-state index is -0.916.